The molecule has 2 amide bonds. The first-order valence-electron chi connectivity index (χ1n) is 12.5. The Labute approximate surface area is 211 Å². The van der Waals surface area contributed by atoms with E-state index in [1.54, 1.807) is 31.4 Å². The highest BCUT2D eigenvalue weighted by Crippen LogP contribution is 2.36. The SMILES string of the molecule is COc1ccc(CN2C(=O)c3ccc(-c4ccco4)n3C[C@]2(C)C(=O)NC2CCCCC2)cc1OC. The number of ether oxygens (including phenoxy) is 2. The molecule has 8 heteroatoms. The van der Waals surface area contributed by atoms with E-state index in [1.807, 2.05) is 47.9 Å². The maximum atomic E-state index is 13.9. The average Bonchev–Trinajstić information content (AvgIpc) is 3.57. The first-order valence-corrected chi connectivity index (χ1v) is 12.5. The zero-order chi connectivity index (χ0) is 25.3. The average molecular weight is 492 g/mol. The van der Waals surface area contributed by atoms with Crippen molar-refractivity contribution < 1.29 is 23.5 Å². The normalized spacial score (nSPS) is 20.2. The lowest BCUT2D eigenvalue weighted by Crippen LogP contribution is -2.64. The molecule has 5 rings (SSSR count). The molecule has 8 nitrogen and oxygen atoms in total. The molecule has 0 unspecified atom stereocenters. The topological polar surface area (TPSA) is 85.9 Å². The number of rotatable bonds is 7. The predicted molar refractivity (Wildman–Crippen MR) is 135 cm³/mol. The van der Waals surface area contributed by atoms with Gasteiger partial charge in [0.25, 0.3) is 5.91 Å². The Morgan fingerprint density at radius 1 is 1.06 bits per heavy atom. The molecule has 1 atom stereocenters. The zero-order valence-corrected chi connectivity index (χ0v) is 21.1. The van der Waals surface area contributed by atoms with Crippen molar-refractivity contribution >= 4 is 11.8 Å². The third kappa shape index (κ3) is 4.25. The predicted octanol–water partition coefficient (Wildman–Crippen LogP) is 4.63. The lowest BCUT2D eigenvalue weighted by Gasteiger charge is -2.45. The number of hydrogen-bond acceptors (Lipinski definition) is 5. The van der Waals surface area contributed by atoms with Gasteiger partial charge in [0, 0.05) is 12.6 Å². The van der Waals surface area contributed by atoms with Crippen LogP contribution >= 0.6 is 0 Å². The van der Waals surface area contributed by atoms with Crippen LogP contribution in [0.5, 0.6) is 11.5 Å². The Bertz CT molecular complexity index is 1240. The molecular weight excluding hydrogens is 458 g/mol. The highest BCUT2D eigenvalue weighted by atomic mass is 16.5. The van der Waals surface area contributed by atoms with Crippen LogP contribution in [-0.2, 0) is 17.9 Å². The first kappa shape index (κ1) is 24.0. The Hall–Kier alpha value is -3.68. The van der Waals surface area contributed by atoms with E-state index >= 15 is 0 Å². The van der Waals surface area contributed by atoms with Gasteiger partial charge in [-0.3, -0.25) is 9.59 Å². The minimum atomic E-state index is -1.10. The highest BCUT2D eigenvalue weighted by Gasteiger charge is 2.48. The van der Waals surface area contributed by atoms with Gasteiger partial charge in [-0.15, -0.1) is 0 Å². The van der Waals surface area contributed by atoms with E-state index in [2.05, 4.69) is 5.32 Å². The molecule has 0 saturated heterocycles. The molecular formula is C28H33N3O5. The van der Waals surface area contributed by atoms with E-state index in [4.69, 9.17) is 13.9 Å². The van der Waals surface area contributed by atoms with Crippen LogP contribution in [0.2, 0.25) is 0 Å². The molecule has 0 spiro atoms. The summed E-state index contributed by atoms with van der Waals surface area (Å²) in [7, 11) is 3.17. The fourth-order valence-electron chi connectivity index (χ4n) is 5.41. The van der Waals surface area contributed by atoms with Gasteiger partial charge in [-0.1, -0.05) is 25.3 Å². The third-order valence-corrected chi connectivity index (χ3v) is 7.50. The number of carbonyl (C=O) groups excluding carboxylic acids is 2. The number of benzene rings is 1. The van der Waals surface area contributed by atoms with Gasteiger partial charge >= 0.3 is 0 Å². The number of nitrogens with zero attached hydrogens (tertiary/aromatic N) is 2. The van der Waals surface area contributed by atoms with Gasteiger partial charge in [0.05, 0.1) is 32.7 Å². The molecule has 1 saturated carbocycles. The lowest BCUT2D eigenvalue weighted by atomic mass is 9.91. The van der Waals surface area contributed by atoms with Crippen molar-refractivity contribution in [3.05, 3.63) is 60.0 Å². The number of methoxy groups -OCH3 is 2. The summed E-state index contributed by atoms with van der Waals surface area (Å²) in [6.45, 7) is 2.44. The maximum absolute atomic E-state index is 13.9. The zero-order valence-electron chi connectivity index (χ0n) is 21.1. The van der Waals surface area contributed by atoms with Crippen LogP contribution in [0.3, 0.4) is 0 Å². The fourth-order valence-corrected chi connectivity index (χ4v) is 5.41. The van der Waals surface area contributed by atoms with Gasteiger partial charge in [-0.05, 0) is 61.7 Å². The molecule has 1 aliphatic heterocycles. The van der Waals surface area contributed by atoms with Crippen LogP contribution in [0, 0.1) is 0 Å². The first-order chi connectivity index (χ1) is 17.4. The summed E-state index contributed by atoms with van der Waals surface area (Å²) >= 11 is 0. The Morgan fingerprint density at radius 2 is 1.81 bits per heavy atom. The number of fused-ring (bicyclic) bond motifs is 1. The van der Waals surface area contributed by atoms with E-state index in [1.165, 1.54) is 6.42 Å². The van der Waals surface area contributed by atoms with Crippen LogP contribution in [0.4, 0.5) is 0 Å². The van der Waals surface area contributed by atoms with Crippen molar-refractivity contribution in [2.45, 2.75) is 63.7 Å². The summed E-state index contributed by atoms with van der Waals surface area (Å²) in [5, 5.41) is 3.27. The summed E-state index contributed by atoms with van der Waals surface area (Å²) in [4.78, 5) is 29.5. The number of furan rings is 1. The Morgan fingerprint density at radius 3 is 2.50 bits per heavy atom. The molecule has 1 aromatic carbocycles. The van der Waals surface area contributed by atoms with Crippen molar-refractivity contribution in [3.63, 3.8) is 0 Å². The fraction of sp³-hybridized carbons (Fsp3) is 0.429. The van der Waals surface area contributed by atoms with E-state index in [0.29, 0.717) is 29.5 Å². The molecule has 36 heavy (non-hydrogen) atoms. The van der Waals surface area contributed by atoms with Gasteiger partial charge in [-0.25, -0.2) is 0 Å². The van der Waals surface area contributed by atoms with E-state index in [0.717, 1.165) is 36.9 Å². The summed E-state index contributed by atoms with van der Waals surface area (Å²) < 4.78 is 18.4. The molecule has 3 aromatic rings. The summed E-state index contributed by atoms with van der Waals surface area (Å²) in [6.07, 6.45) is 6.97. The molecule has 1 aliphatic carbocycles. The van der Waals surface area contributed by atoms with Crippen molar-refractivity contribution in [1.29, 1.82) is 0 Å². The van der Waals surface area contributed by atoms with Crippen LogP contribution in [0.1, 0.15) is 55.1 Å². The largest absolute Gasteiger partial charge is 0.493 e. The quantitative estimate of drug-likeness (QED) is 0.521. The van der Waals surface area contributed by atoms with Gasteiger partial charge in [0.15, 0.2) is 11.5 Å². The Kier molecular flexibility index (Phi) is 6.51. The van der Waals surface area contributed by atoms with Crippen molar-refractivity contribution in [2.24, 2.45) is 0 Å². The molecule has 2 aliphatic rings. The van der Waals surface area contributed by atoms with Crippen LogP contribution in [0.25, 0.3) is 11.5 Å². The minimum Gasteiger partial charge on any atom is -0.493 e. The second kappa shape index (κ2) is 9.76. The van der Waals surface area contributed by atoms with E-state index in [9.17, 15) is 9.59 Å². The van der Waals surface area contributed by atoms with E-state index < -0.39 is 5.54 Å². The summed E-state index contributed by atoms with van der Waals surface area (Å²) in [5.74, 6) is 1.53. The standard InChI is InChI=1S/C28H33N3O5/c1-28(27(33)29-20-8-5-4-6-9-20)18-30-21(23-10-7-15-36-23)12-13-22(30)26(32)31(28)17-19-11-14-24(34-2)25(16-19)35-3/h7,10-16,20H,4-6,8-9,17-18H2,1-3H3,(H,29,33)/t28-/m1/s1. The monoisotopic (exact) mass is 491 g/mol. The van der Waals surface area contributed by atoms with Crippen LogP contribution in [0.15, 0.2) is 53.1 Å². The molecule has 190 valence electrons. The smallest absolute Gasteiger partial charge is 0.271 e. The molecule has 1 N–H and O–H groups in total. The highest BCUT2D eigenvalue weighted by molar-refractivity contribution is 6.00. The van der Waals surface area contributed by atoms with Crippen molar-refractivity contribution in [3.8, 4) is 23.0 Å². The Balaban J connectivity index is 1.53. The second-order valence-corrected chi connectivity index (χ2v) is 9.83. The van der Waals surface area contributed by atoms with E-state index in [-0.39, 0.29) is 24.4 Å². The third-order valence-electron chi connectivity index (χ3n) is 7.50. The number of hydrogen-bond donors (Lipinski definition) is 1. The molecule has 3 heterocycles. The minimum absolute atomic E-state index is 0.132. The number of amides is 2. The number of aromatic nitrogens is 1. The lowest BCUT2D eigenvalue weighted by molar-refractivity contribution is -0.134. The van der Waals surface area contributed by atoms with Gasteiger partial charge in [0.2, 0.25) is 5.91 Å². The van der Waals surface area contributed by atoms with Crippen LogP contribution in [-0.4, -0.2) is 47.1 Å². The molecule has 2 aromatic heterocycles. The van der Waals surface area contributed by atoms with Gasteiger partial charge in [0.1, 0.15) is 17.0 Å². The summed E-state index contributed by atoms with van der Waals surface area (Å²) in [5.41, 5.74) is 1.06. The van der Waals surface area contributed by atoms with Gasteiger partial charge in [-0.2, -0.15) is 0 Å². The van der Waals surface area contributed by atoms with Crippen molar-refractivity contribution in [2.75, 3.05) is 14.2 Å². The second-order valence-electron chi connectivity index (χ2n) is 9.83. The number of carbonyl (C=O) groups is 2. The molecule has 0 bridgehead atoms. The van der Waals surface area contributed by atoms with Gasteiger partial charge < -0.3 is 28.7 Å². The van der Waals surface area contributed by atoms with Crippen molar-refractivity contribution in [1.82, 2.24) is 14.8 Å². The molecule has 0 radical (unpaired) electrons. The number of nitrogens with one attached hydrogen (secondary N) is 1. The van der Waals surface area contributed by atoms with Crippen LogP contribution < -0.4 is 14.8 Å². The summed E-state index contributed by atoms with van der Waals surface area (Å²) in [6, 6.07) is 13.1. The maximum Gasteiger partial charge on any atom is 0.271 e. The molecule has 1 fully saturated rings.